The third-order valence-electron chi connectivity index (χ3n) is 7.47. The number of rotatable bonds is 1. The van der Waals surface area contributed by atoms with E-state index in [1.807, 2.05) is 26.0 Å². The quantitative estimate of drug-likeness (QED) is 0.710. The Bertz CT molecular complexity index is 999. The average Bonchev–Trinajstić information content (AvgIpc) is 3.11. The highest BCUT2D eigenvalue weighted by Gasteiger charge is 2.74. The van der Waals surface area contributed by atoms with Gasteiger partial charge in [-0.15, -0.1) is 0 Å². The molecule has 5 unspecified atom stereocenters. The Hall–Kier alpha value is -2.54. The fourth-order valence-corrected chi connectivity index (χ4v) is 6.28. The molecule has 1 N–H and O–H groups in total. The highest BCUT2D eigenvalue weighted by Crippen LogP contribution is 2.61. The number of amides is 2. The van der Waals surface area contributed by atoms with Crippen molar-refractivity contribution in [3.8, 4) is 0 Å². The largest absolute Gasteiger partial charge is 0.375 e. The summed E-state index contributed by atoms with van der Waals surface area (Å²) >= 11 is 0. The van der Waals surface area contributed by atoms with E-state index in [9.17, 15) is 24.3 Å². The number of hydrogen-bond donors (Lipinski definition) is 1. The van der Waals surface area contributed by atoms with Crippen LogP contribution in [0.15, 0.2) is 18.2 Å². The van der Waals surface area contributed by atoms with E-state index in [1.54, 1.807) is 13.1 Å². The van der Waals surface area contributed by atoms with Crippen LogP contribution in [0, 0.1) is 17.8 Å². The Morgan fingerprint density at radius 3 is 2.54 bits per heavy atom. The average molecular weight is 382 g/mol. The number of nitrogens with zero attached hydrogens (tertiary/aromatic N) is 2. The zero-order valence-electron chi connectivity index (χ0n) is 16.2. The van der Waals surface area contributed by atoms with E-state index >= 15 is 0 Å². The van der Waals surface area contributed by atoms with Crippen LogP contribution < -0.4 is 4.90 Å². The van der Waals surface area contributed by atoms with Gasteiger partial charge in [0.2, 0.25) is 5.91 Å². The molecule has 5 atom stereocenters. The first-order valence-electron chi connectivity index (χ1n) is 9.54. The molecule has 2 amide bonds. The van der Waals surface area contributed by atoms with Gasteiger partial charge in [-0.25, -0.2) is 0 Å². The summed E-state index contributed by atoms with van der Waals surface area (Å²) in [7, 11) is 1.61. The first-order valence-corrected chi connectivity index (χ1v) is 9.54. The van der Waals surface area contributed by atoms with Gasteiger partial charge in [0.15, 0.2) is 17.3 Å². The molecular formula is C21H22N2O5. The van der Waals surface area contributed by atoms with Crippen LogP contribution in [0.25, 0.3) is 0 Å². The molecule has 146 valence electrons. The lowest BCUT2D eigenvalue weighted by Gasteiger charge is -2.42. The first kappa shape index (κ1) is 17.6. The maximum absolute atomic E-state index is 13.2. The van der Waals surface area contributed by atoms with Crippen molar-refractivity contribution in [3.63, 3.8) is 0 Å². The normalized spacial score (nSPS) is 37.2. The number of benzene rings is 1. The molecule has 7 heteroatoms. The molecular weight excluding hydrogens is 360 g/mol. The number of Topliss-reactive ketones (excluding diaryl/α,β-unsaturated/α-hetero) is 2. The Morgan fingerprint density at radius 1 is 1.21 bits per heavy atom. The van der Waals surface area contributed by atoms with Crippen LogP contribution in [-0.4, -0.2) is 52.0 Å². The lowest BCUT2D eigenvalue weighted by atomic mass is 9.61. The summed E-state index contributed by atoms with van der Waals surface area (Å²) in [6, 6.07) is 4.57. The molecule has 0 aromatic heterocycles. The van der Waals surface area contributed by atoms with Crippen LogP contribution in [0.3, 0.4) is 0 Å². The van der Waals surface area contributed by atoms with Gasteiger partial charge in [0, 0.05) is 24.1 Å². The van der Waals surface area contributed by atoms with Crippen molar-refractivity contribution < 1.29 is 24.3 Å². The van der Waals surface area contributed by atoms with Crippen LogP contribution in [0.2, 0.25) is 0 Å². The van der Waals surface area contributed by atoms with Gasteiger partial charge in [0.05, 0.1) is 11.7 Å². The maximum Gasteiger partial charge on any atom is 0.263 e. The van der Waals surface area contributed by atoms with Gasteiger partial charge in [-0.1, -0.05) is 12.1 Å². The molecule has 3 heterocycles. The minimum atomic E-state index is -1.87. The van der Waals surface area contributed by atoms with Gasteiger partial charge < -0.3 is 14.9 Å². The van der Waals surface area contributed by atoms with Gasteiger partial charge in [0.1, 0.15) is 5.78 Å². The molecule has 2 fully saturated rings. The Labute approximate surface area is 162 Å². The smallest absolute Gasteiger partial charge is 0.263 e. The minimum absolute atomic E-state index is 0.276. The van der Waals surface area contributed by atoms with Crippen LogP contribution in [0.1, 0.15) is 31.9 Å². The lowest BCUT2D eigenvalue weighted by molar-refractivity contribution is -0.148. The topological polar surface area (TPSA) is 95.0 Å². The number of carbonyl (C=O) groups excluding carboxylic acids is 4. The number of ketones is 2. The van der Waals surface area contributed by atoms with Gasteiger partial charge in [-0.3, -0.25) is 19.2 Å². The van der Waals surface area contributed by atoms with Gasteiger partial charge >= 0.3 is 0 Å². The Kier molecular flexibility index (Phi) is 3.07. The molecule has 1 aromatic carbocycles. The van der Waals surface area contributed by atoms with E-state index in [4.69, 9.17) is 0 Å². The molecule has 2 saturated heterocycles. The standard InChI is InChI=1S/C21H22N2O5/c1-9(24)13-17(25)16-15-11(20(2,3)23(16)18(13)26)8-10-6-5-7-12-14(10)21(15,28)19(27)22(12)4/h5-7,11,13,15-16,28H,8H2,1-4H3. The van der Waals surface area contributed by atoms with E-state index < -0.39 is 52.4 Å². The summed E-state index contributed by atoms with van der Waals surface area (Å²) in [6.45, 7) is 4.96. The summed E-state index contributed by atoms with van der Waals surface area (Å²) < 4.78 is 0. The summed E-state index contributed by atoms with van der Waals surface area (Å²) in [5.41, 5.74) is -0.581. The van der Waals surface area contributed by atoms with Crippen LogP contribution >= 0.6 is 0 Å². The minimum Gasteiger partial charge on any atom is -0.375 e. The van der Waals surface area contributed by atoms with E-state index in [-0.39, 0.29) is 5.92 Å². The van der Waals surface area contributed by atoms with Crippen molar-refractivity contribution in [1.82, 2.24) is 4.90 Å². The molecule has 0 saturated carbocycles. The predicted octanol–water partition coefficient (Wildman–Crippen LogP) is 0.416. The summed E-state index contributed by atoms with van der Waals surface area (Å²) in [6.07, 6.45) is 0.558. The number of carbonyl (C=O) groups is 4. The third-order valence-corrected chi connectivity index (χ3v) is 7.47. The zero-order chi connectivity index (χ0) is 20.3. The van der Waals surface area contributed by atoms with Crippen molar-refractivity contribution in [2.75, 3.05) is 11.9 Å². The van der Waals surface area contributed by atoms with Gasteiger partial charge in [-0.2, -0.15) is 0 Å². The highest BCUT2D eigenvalue weighted by atomic mass is 16.3. The molecule has 28 heavy (non-hydrogen) atoms. The molecule has 5 rings (SSSR count). The summed E-state index contributed by atoms with van der Waals surface area (Å²) in [5, 5.41) is 11.8. The zero-order valence-corrected chi connectivity index (χ0v) is 16.2. The lowest BCUT2D eigenvalue weighted by Crippen LogP contribution is -2.55. The monoisotopic (exact) mass is 382 g/mol. The molecule has 0 spiro atoms. The van der Waals surface area contributed by atoms with Crippen molar-refractivity contribution >= 4 is 29.1 Å². The maximum atomic E-state index is 13.2. The van der Waals surface area contributed by atoms with Crippen molar-refractivity contribution in [3.05, 3.63) is 29.3 Å². The fraction of sp³-hybridized carbons (Fsp3) is 0.524. The van der Waals surface area contributed by atoms with E-state index in [0.29, 0.717) is 17.7 Å². The predicted molar refractivity (Wildman–Crippen MR) is 98.3 cm³/mol. The first-order chi connectivity index (χ1) is 13.0. The molecule has 1 aliphatic carbocycles. The Balaban J connectivity index is 1.77. The number of likely N-dealkylation sites (N-methyl/N-ethyl adjacent to an activating group) is 1. The highest BCUT2D eigenvalue weighted by molar-refractivity contribution is 6.24. The second-order valence-electron chi connectivity index (χ2n) is 9.03. The SMILES string of the molecule is CC(=O)C1C(=O)C2C3C(Cc4cccc5c4C3(O)C(=O)N5C)C(C)(C)N2C1=O. The summed E-state index contributed by atoms with van der Waals surface area (Å²) in [4.78, 5) is 54.4. The molecule has 3 aliphatic heterocycles. The third kappa shape index (κ3) is 1.62. The molecule has 1 aromatic rings. The van der Waals surface area contributed by atoms with Crippen molar-refractivity contribution in [1.29, 1.82) is 0 Å². The number of fused-ring (bicyclic) bond motifs is 4. The summed E-state index contributed by atoms with van der Waals surface area (Å²) in [5.74, 6) is -4.34. The molecule has 0 radical (unpaired) electrons. The van der Waals surface area contributed by atoms with E-state index in [0.717, 1.165) is 5.56 Å². The van der Waals surface area contributed by atoms with Crippen molar-refractivity contribution in [2.45, 2.75) is 44.4 Å². The Morgan fingerprint density at radius 2 is 1.89 bits per heavy atom. The van der Waals surface area contributed by atoms with E-state index in [1.165, 1.54) is 16.7 Å². The number of hydrogen-bond acceptors (Lipinski definition) is 5. The van der Waals surface area contributed by atoms with Crippen LogP contribution in [0.5, 0.6) is 0 Å². The van der Waals surface area contributed by atoms with Gasteiger partial charge in [-0.05, 0) is 44.7 Å². The van der Waals surface area contributed by atoms with Crippen LogP contribution in [0.4, 0.5) is 5.69 Å². The molecule has 0 bridgehead atoms. The van der Waals surface area contributed by atoms with Crippen molar-refractivity contribution in [2.24, 2.45) is 17.8 Å². The van der Waals surface area contributed by atoms with Gasteiger partial charge in [0.25, 0.3) is 5.91 Å². The molecule has 7 nitrogen and oxygen atoms in total. The fourth-order valence-electron chi connectivity index (χ4n) is 6.28. The number of aliphatic hydroxyl groups is 1. The van der Waals surface area contributed by atoms with Crippen LogP contribution in [-0.2, 0) is 31.2 Å². The second kappa shape index (κ2) is 4.89. The molecule has 4 aliphatic rings. The number of anilines is 1. The second-order valence-corrected chi connectivity index (χ2v) is 9.03. The van der Waals surface area contributed by atoms with E-state index in [2.05, 4.69) is 0 Å².